The van der Waals surface area contributed by atoms with Crippen molar-refractivity contribution in [1.82, 2.24) is 10.2 Å². The summed E-state index contributed by atoms with van der Waals surface area (Å²) in [5.41, 5.74) is -0.616. The normalized spacial score (nSPS) is 28.6. The van der Waals surface area contributed by atoms with Crippen LogP contribution in [0.5, 0.6) is 0 Å². The molecule has 0 aromatic rings. The molecule has 3 amide bonds. The third-order valence-corrected chi connectivity index (χ3v) is 5.05. The zero-order valence-electron chi connectivity index (χ0n) is 10.3. The number of imide groups is 1. The van der Waals surface area contributed by atoms with Crippen LogP contribution < -0.4 is 5.32 Å². The second-order valence-electron chi connectivity index (χ2n) is 5.67. The molecule has 0 radical (unpaired) electrons. The monoisotopic (exact) mass is 270 g/mol. The molecular formula is C12H18N2O3S. The van der Waals surface area contributed by atoms with Crippen LogP contribution in [0, 0.1) is 5.41 Å². The molecule has 18 heavy (non-hydrogen) atoms. The summed E-state index contributed by atoms with van der Waals surface area (Å²) in [7, 11) is 0. The number of ether oxygens (including phenoxy) is 1. The number of thiol groups is 1. The lowest BCUT2D eigenvalue weighted by Crippen LogP contribution is -2.51. The highest BCUT2D eigenvalue weighted by Gasteiger charge is 2.55. The molecule has 100 valence electrons. The first-order valence-corrected chi connectivity index (χ1v) is 7.07. The van der Waals surface area contributed by atoms with Gasteiger partial charge < -0.3 is 10.1 Å². The Morgan fingerprint density at radius 3 is 2.44 bits per heavy atom. The largest absolute Gasteiger partial charge is 0.381 e. The van der Waals surface area contributed by atoms with Gasteiger partial charge >= 0.3 is 6.03 Å². The topological polar surface area (TPSA) is 58.6 Å². The lowest BCUT2D eigenvalue weighted by atomic mass is 9.90. The number of hydrogen-bond donors (Lipinski definition) is 2. The van der Waals surface area contributed by atoms with Crippen LogP contribution in [0.15, 0.2) is 0 Å². The second-order valence-corrected chi connectivity index (χ2v) is 5.99. The lowest BCUT2D eigenvalue weighted by molar-refractivity contribution is -0.135. The summed E-state index contributed by atoms with van der Waals surface area (Å²) in [4.78, 5) is 25.9. The Hall–Kier alpha value is -0.750. The van der Waals surface area contributed by atoms with E-state index >= 15 is 0 Å². The highest BCUT2D eigenvalue weighted by atomic mass is 32.1. The van der Waals surface area contributed by atoms with Gasteiger partial charge in [0.25, 0.3) is 5.91 Å². The van der Waals surface area contributed by atoms with Crippen LogP contribution in [0.1, 0.15) is 25.7 Å². The van der Waals surface area contributed by atoms with E-state index in [2.05, 4.69) is 17.9 Å². The maximum absolute atomic E-state index is 12.5. The lowest BCUT2D eigenvalue weighted by Gasteiger charge is -2.30. The summed E-state index contributed by atoms with van der Waals surface area (Å²) in [5.74, 6) is 0.670. The van der Waals surface area contributed by atoms with E-state index in [1.54, 1.807) is 0 Å². The van der Waals surface area contributed by atoms with E-state index in [1.165, 1.54) is 4.90 Å². The van der Waals surface area contributed by atoms with Gasteiger partial charge in [-0.2, -0.15) is 12.6 Å². The molecule has 3 aliphatic rings. The molecule has 5 nitrogen and oxygen atoms in total. The van der Waals surface area contributed by atoms with E-state index in [4.69, 9.17) is 4.74 Å². The molecule has 3 fully saturated rings. The van der Waals surface area contributed by atoms with Gasteiger partial charge in [0.15, 0.2) is 0 Å². The molecule has 3 rings (SSSR count). The van der Waals surface area contributed by atoms with Crippen molar-refractivity contribution in [3.8, 4) is 0 Å². The van der Waals surface area contributed by atoms with Crippen LogP contribution in [0.2, 0.25) is 0 Å². The van der Waals surface area contributed by atoms with E-state index in [0.717, 1.165) is 18.6 Å². The van der Waals surface area contributed by atoms with Crippen LogP contribution in [0.25, 0.3) is 0 Å². The molecule has 6 heteroatoms. The SMILES string of the molecule is O=C1NC2(CCOCC2)C(=O)N1CC1(CS)CC1. The van der Waals surface area contributed by atoms with E-state index in [1.807, 2.05) is 0 Å². The zero-order chi connectivity index (χ0) is 12.8. The summed E-state index contributed by atoms with van der Waals surface area (Å²) >= 11 is 4.32. The van der Waals surface area contributed by atoms with Crippen LogP contribution in [0.4, 0.5) is 4.79 Å². The molecule has 1 saturated carbocycles. The summed E-state index contributed by atoms with van der Waals surface area (Å²) in [6.07, 6.45) is 3.29. The van der Waals surface area contributed by atoms with Gasteiger partial charge in [-0.05, 0) is 24.0 Å². The fourth-order valence-electron chi connectivity index (χ4n) is 2.76. The molecule has 0 aromatic carbocycles. The van der Waals surface area contributed by atoms with Gasteiger partial charge in [-0.1, -0.05) is 0 Å². The highest BCUT2D eigenvalue weighted by molar-refractivity contribution is 7.80. The number of nitrogens with zero attached hydrogens (tertiary/aromatic N) is 1. The first kappa shape index (κ1) is 12.3. The first-order valence-electron chi connectivity index (χ1n) is 6.44. The van der Waals surface area contributed by atoms with E-state index in [0.29, 0.717) is 32.6 Å². The molecule has 0 bridgehead atoms. The predicted molar refractivity (Wildman–Crippen MR) is 68.5 cm³/mol. The minimum Gasteiger partial charge on any atom is -0.381 e. The van der Waals surface area contributed by atoms with Crippen molar-refractivity contribution in [3.63, 3.8) is 0 Å². The van der Waals surface area contributed by atoms with E-state index in [9.17, 15) is 9.59 Å². The molecular weight excluding hydrogens is 252 g/mol. The van der Waals surface area contributed by atoms with Crippen LogP contribution in [-0.4, -0.2) is 47.9 Å². The molecule has 0 aromatic heterocycles. The number of rotatable bonds is 3. The summed E-state index contributed by atoms with van der Waals surface area (Å²) in [5, 5.41) is 2.88. The Balaban J connectivity index is 1.76. The smallest absolute Gasteiger partial charge is 0.325 e. The molecule has 2 heterocycles. The second kappa shape index (κ2) is 4.13. The first-order chi connectivity index (χ1) is 8.61. The van der Waals surface area contributed by atoms with Crippen molar-refractivity contribution in [2.75, 3.05) is 25.5 Å². The van der Waals surface area contributed by atoms with Gasteiger partial charge in [0, 0.05) is 32.6 Å². The van der Waals surface area contributed by atoms with Gasteiger partial charge in [0.1, 0.15) is 5.54 Å². The summed E-state index contributed by atoms with van der Waals surface area (Å²) < 4.78 is 5.28. The maximum Gasteiger partial charge on any atom is 0.325 e. The number of nitrogens with one attached hydrogen (secondary N) is 1. The summed E-state index contributed by atoms with van der Waals surface area (Å²) in [6, 6.07) is -0.241. The van der Waals surface area contributed by atoms with Crippen molar-refractivity contribution < 1.29 is 14.3 Å². The molecule has 1 spiro atoms. The van der Waals surface area contributed by atoms with Crippen LogP contribution >= 0.6 is 12.6 Å². The van der Waals surface area contributed by atoms with E-state index < -0.39 is 5.54 Å². The minimum absolute atomic E-state index is 0.0659. The molecule has 0 atom stereocenters. The Bertz CT molecular complexity index is 389. The standard InChI is InChI=1S/C12H18N2O3S/c15-9-12(3-5-17-6-4-12)13-10(16)14(9)7-11(8-18)1-2-11/h18H,1-8H2,(H,13,16). The Morgan fingerprint density at radius 1 is 1.22 bits per heavy atom. The fourth-order valence-corrected chi connectivity index (χ4v) is 3.17. The van der Waals surface area contributed by atoms with Crippen molar-refractivity contribution in [2.24, 2.45) is 5.41 Å². The summed E-state index contributed by atoms with van der Waals surface area (Å²) in [6.45, 7) is 1.60. The minimum atomic E-state index is -0.692. The average Bonchev–Trinajstić information content (AvgIpc) is 3.12. The Labute approximate surface area is 112 Å². The number of carbonyl (C=O) groups is 2. The molecule has 1 aliphatic carbocycles. The Morgan fingerprint density at radius 2 is 1.89 bits per heavy atom. The predicted octanol–water partition coefficient (Wildman–Crippen LogP) is 0.797. The number of amides is 3. The average molecular weight is 270 g/mol. The number of hydrogen-bond acceptors (Lipinski definition) is 4. The quantitative estimate of drug-likeness (QED) is 0.589. The third-order valence-electron chi connectivity index (χ3n) is 4.38. The number of urea groups is 1. The molecule has 2 saturated heterocycles. The van der Waals surface area contributed by atoms with Gasteiger partial charge in [0.2, 0.25) is 0 Å². The highest BCUT2D eigenvalue weighted by Crippen LogP contribution is 2.48. The van der Waals surface area contributed by atoms with Gasteiger partial charge in [-0.15, -0.1) is 0 Å². The van der Waals surface area contributed by atoms with Crippen LogP contribution in [-0.2, 0) is 9.53 Å². The van der Waals surface area contributed by atoms with Crippen molar-refractivity contribution >= 4 is 24.6 Å². The van der Waals surface area contributed by atoms with Crippen molar-refractivity contribution in [3.05, 3.63) is 0 Å². The van der Waals surface area contributed by atoms with Gasteiger partial charge in [-0.25, -0.2) is 4.79 Å². The Kier molecular flexibility index (Phi) is 2.82. The maximum atomic E-state index is 12.5. The molecule has 1 N–H and O–H groups in total. The van der Waals surface area contributed by atoms with Crippen molar-refractivity contribution in [1.29, 1.82) is 0 Å². The van der Waals surface area contributed by atoms with Crippen molar-refractivity contribution in [2.45, 2.75) is 31.2 Å². The van der Waals surface area contributed by atoms with Gasteiger partial charge in [0.05, 0.1) is 0 Å². The number of carbonyl (C=O) groups excluding carboxylic acids is 2. The fraction of sp³-hybridized carbons (Fsp3) is 0.833. The van der Waals surface area contributed by atoms with Crippen LogP contribution in [0.3, 0.4) is 0 Å². The molecule has 0 unspecified atom stereocenters. The van der Waals surface area contributed by atoms with E-state index in [-0.39, 0.29) is 17.4 Å². The zero-order valence-corrected chi connectivity index (χ0v) is 11.2. The third kappa shape index (κ3) is 1.82. The van der Waals surface area contributed by atoms with Gasteiger partial charge in [-0.3, -0.25) is 9.69 Å². The molecule has 2 aliphatic heterocycles.